The molecule has 2 aromatic carbocycles. The predicted octanol–water partition coefficient (Wildman–Crippen LogP) is 2.84. The van der Waals surface area contributed by atoms with Crippen LogP contribution in [0, 0.1) is 0 Å². The van der Waals surface area contributed by atoms with Gasteiger partial charge in [0.05, 0.1) is 15.8 Å². The van der Waals surface area contributed by atoms with Crippen LogP contribution in [-0.4, -0.2) is 16.0 Å². The van der Waals surface area contributed by atoms with Gasteiger partial charge in [0, 0.05) is 5.69 Å². The number of rotatable bonds is 2. The first kappa shape index (κ1) is 12.4. The number of benzene rings is 2. The Hall–Kier alpha value is -2.60. The van der Waals surface area contributed by atoms with Crippen molar-refractivity contribution in [1.82, 2.24) is 4.98 Å². The number of nitrogen functional groups attached to an aromatic ring is 1. The smallest absolute Gasteiger partial charge is 0.261 e. The summed E-state index contributed by atoms with van der Waals surface area (Å²) in [5, 5.41) is 12.8. The maximum atomic E-state index is 12.0. The van der Waals surface area contributed by atoms with E-state index in [1.54, 1.807) is 30.3 Å². The van der Waals surface area contributed by atoms with E-state index in [1.807, 2.05) is 6.07 Å². The van der Waals surface area contributed by atoms with Crippen molar-refractivity contribution in [2.75, 3.05) is 11.1 Å². The van der Waals surface area contributed by atoms with Crippen molar-refractivity contribution in [2.24, 2.45) is 0 Å². The number of aromatic hydroxyl groups is 1. The normalized spacial score (nSPS) is 10.6. The highest BCUT2D eigenvalue weighted by Gasteiger charge is 2.13. The van der Waals surface area contributed by atoms with Crippen LogP contribution in [0.3, 0.4) is 0 Å². The summed E-state index contributed by atoms with van der Waals surface area (Å²) in [6.07, 6.45) is 0. The largest absolute Gasteiger partial charge is 0.507 e. The molecule has 4 N–H and O–H groups in total. The molecule has 0 aliphatic rings. The summed E-state index contributed by atoms with van der Waals surface area (Å²) in [6.45, 7) is 0. The number of phenolic OH excluding ortho intramolecular Hbond substituents is 1. The lowest BCUT2D eigenvalue weighted by molar-refractivity contribution is 0.102. The zero-order chi connectivity index (χ0) is 14.1. The van der Waals surface area contributed by atoms with Crippen molar-refractivity contribution in [3.05, 3.63) is 48.0 Å². The number of anilines is 2. The summed E-state index contributed by atoms with van der Waals surface area (Å²) >= 11 is 1.34. The van der Waals surface area contributed by atoms with Gasteiger partial charge in [0.1, 0.15) is 5.75 Å². The molecule has 1 amide bonds. The van der Waals surface area contributed by atoms with Gasteiger partial charge in [0.25, 0.3) is 5.91 Å². The molecule has 0 saturated heterocycles. The lowest BCUT2D eigenvalue weighted by atomic mass is 10.2. The minimum absolute atomic E-state index is 0.0599. The van der Waals surface area contributed by atoms with Crippen LogP contribution in [0.2, 0.25) is 0 Å². The molecule has 0 spiro atoms. The Bertz CT molecular complexity index is 798. The highest BCUT2D eigenvalue weighted by molar-refractivity contribution is 7.22. The van der Waals surface area contributed by atoms with E-state index in [0.29, 0.717) is 10.8 Å². The minimum Gasteiger partial charge on any atom is -0.507 e. The van der Waals surface area contributed by atoms with Crippen LogP contribution in [0.25, 0.3) is 10.2 Å². The number of nitrogens with two attached hydrogens (primary N) is 1. The summed E-state index contributed by atoms with van der Waals surface area (Å²) in [5.41, 5.74) is 7.35. The number of phenols is 1. The fourth-order valence-corrected chi connectivity index (χ4v) is 2.73. The fourth-order valence-electron chi connectivity index (χ4n) is 1.82. The summed E-state index contributed by atoms with van der Waals surface area (Å²) in [4.78, 5) is 16.3. The summed E-state index contributed by atoms with van der Waals surface area (Å²) in [5.74, 6) is -0.453. The van der Waals surface area contributed by atoms with E-state index in [-0.39, 0.29) is 11.3 Å². The van der Waals surface area contributed by atoms with Crippen LogP contribution in [-0.2, 0) is 0 Å². The molecule has 0 unspecified atom stereocenters. The number of nitrogens with zero attached hydrogens (tertiary/aromatic N) is 1. The number of hydrogen-bond acceptors (Lipinski definition) is 5. The van der Waals surface area contributed by atoms with Crippen molar-refractivity contribution in [1.29, 1.82) is 0 Å². The number of para-hydroxylation sites is 1. The number of carbonyl (C=O) groups excluding carboxylic acids is 1. The molecule has 0 aliphatic heterocycles. The lowest BCUT2D eigenvalue weighted by Gasteiger charge is -2.03. The number of thiazole rings is 1. The molecule has 5 nitrogen and oxygen atoms in total. The van der Waals surface area contributed by atoms with Crippen LogP contribution in [0.4, 0.5) is 10.8 Å². The van der Waals surface area contributed by atoms with Crippen molar-refractivity contribution in [2.45, 2.75) is 0 Å². The highest BCUT2D eigenvalue weighted by Crippen LogP contribution is 2.28. The van der Waals surface area contributed by atoms with Crippen LogP contribution in [0.15, 0.2) is 42.5 Å². The Balaban J connectivity index is 1.89. The highest BCUT2D eigenvalue weighted by atomic mass is 32.1. The van der Waals surface area contributed by atoms with Crippen molar-refractivity contribution < 1.29 is 9.90 Å². The van der Waals surface area contributed by atoms with Gasteiger partial charge < -0.3 is 10.8 Å². The molecule has 0 bridgehead atoms. The molecule has 100 valence electrons. The Morgan fingerprint density at radius 1 is 1.25 bits per heavy atom. The molecular weight excluding hydrogens is 274 g/mol. The Kier molecular flexibility index (Phi) is 3.00. The lowest BCUT2D eigenvalue weighted by Crippen LogP contribution is -2.11. The second-order valence-corrected chi connectivity index (χ2v) is 5.25. The van der Waals surface area contributed by atoms with E-state index in [4.69, 9.17) is 5.73 Å². The summed E-state index contributed by atoms with van der Waals surface area (Å²) in [6, 6.07) is 11.7. The maximum absolute atomic E-state index is 12.0. The number of amides is 1. The number of fused-ring (bicyclic) bond motifs is 1. The molecule has 3 rings (SSSR count). The molecule has 6 heteroatoms. The molecule has 20 heavy (non-hydrogen) atoms. The van der Waals surface area contributed by atoms with Gasteiger partial charge in [-0.05, 0) is 30.3 Å². The van der Waals surface area contributed by atoms with Gasteiger partial charge in [-0.15, -0.1) is 0 Å². The standard InChI is InChI=1S/C14H11N3O2S/c15-8-5-6-10-12(7-8)20-14(16-10)17-13(19)9-3-1-2-4-11(9)18/h1-7,18H,15H2,(H,16,17,19). The molecule has 1 heterocycles. The van der Waals surface area contributed by atoms with Crippen LogP contribution in [0.5, 0.6) is 5.75 Å². The third-order valence-electron chi connectivity index (χ3n) is 2.78. The van der Waals surface area contributed by atoms with E-state index in [2.05, 4.69) is 10.3 Å². The fraction of sp³-hybridized carbons (Fsp3) is 0. The van der Waals surface area contributed by atoms with Gasteiger partial charge >= 0.3 is 0 Å². The van der Waals surface area contributed by atoms with E-state index in [9.17, 15) is 9.90 Å². The van der Waals surface area contributed by atoms with Gasteiger partial charge in [-0.1, -0.05) is 23.5 Å². The topological polar surface area (TPSA) is 88.2 Å². The molecular formula is C14H11N3O2S. The summed E-state index contributed by atoms with van der Waals surface area (Å²) < 4.78 is 0.901. The van der Waals surface area contributed by atoms with E-state index >= 15 is 0 Å². The number of nitrogens with one attached hydrogen (secondary N) is 1. The average molecular weight is 285 g/mol. The van der Waals surface area contributed by atoms with E-state index in [1.165, 1.54) is 17.4 Å². The van der Waals surface area contributed by atoms with E-state index in [0.717, 1.165) is 10.2 Å². The van der Waals surface area contributed by atoms with Gasteiger partial charge in [0.15, 0.2) is 5.13 Å². The third-order valence-corrected chi connectivity index (χ3v) is 3.72. The Labute approximate surface area is 118 Å². The second-order valence-electron chi connectivity index (χ2n) is 4.22. The molecule has 1 aromatic heterocycles. The van der Waals surface area contributed by atoms with Crippen molar-refractivity contribution in [3.63, 3.8) is 0 Å². The molecule has 0 atom stereocenters. The molecule has 0 aliphatic carbocycles. The van der Waals surface area contributed by atoms with Gasteiger partial charge in [-0.2, -0.15) is 0 Å². The maximum Gasteiger partial charge on any atom is 0.261 e. The average Bonchev–Trinajstić information content (AvgIpc) is 2.80. The Morgan fingerprint density at radius 2 is 2.05 bits per heavy atom. The molecule has 0 saturated carbocycles. The quantitative estimate of drug-likeness (QED) is 0.632. The van der Waals surface area contributed by atoms with E-state index < -0.39 is 5.91 Å². The zero-order valence-corrected chi connectivity index (χ0v) is 11.1. The number of carbonyl (C=O) groups is 1. The molecule has 3 aromatic rings. The van der Waals surface area contributed by atoms with Crippen LogP contribution >= 0.6 is 11.3 Å². The number of hydrogen-bond donors (Lipinski definition) is 3. The Morgan fingerprint density at radius 3 is 2.85 bits per heavy atom. The SMILES string of the molecule is Nc1ccc2nc(NC(=O)c3ccccc3O)sc2c1. The van der Waals surface area contributed by atoms with Crippen molar-refractivity contribution in [3.8, 4) is 5.75 Å². The van der Waals surface area contributed by atoms with Gasteiger partial charge in [-0.25, -0.2) is 4.98 Å². The van der Waals surface area contributed by atoms with Crippen LogP contribution in [0.1, 0.15) is 10.4 Å². The molecule has 0 radical (unpaired) electrons. The summed E-state index contributed by atoms with van der Waals surface area (Å²) in [7, 11) is 0. The van der Waals surface area contributed by atoms with Gasteiger partial charge in [0.2, 0.25) is 0 Å². The van der Waals surface area contributed by atoms with Gasteiger partial charge in [-0.3, -0.25) is 10.1 Å². The molecule has 0 fully saturated rings. The monoisotopic (exact) mass is 285 g/mol. The first-order chi connectivity index (χ1) is 9.63. The van der Waals surface area contributed by atoms with Crippen LogP contribution < -0.4 is 11.1 Å². The second kappa shape index (κ2) is 4.82. The predicted molar refractivity (Wildman–Crippen MR) is 80.1 cm³/mol. The number of aromatic nitrogens is 1. The first-order valence-electron chi connectivity index (χ1n) is 5.89. The minimum atomic E-state index is -0.393. The first-order valence-corrected chi connectivity index (χ1v) is 6.70. The zero-order valence-electron chi connectivity index (χ0n) is 10.3. The van der Waals surface area contributed by atoms with Crippen molar-refractivity contribution >= 4 is 38.3 Å². The third kappa shape index (κ3) is 2.28.